The topological polar surface area (TPSA) is 61.8 Å². The van der Waals surface area contributed by atoms with Crippen LogP contribution in [0.15, 0.2) is 0 Å². The van der Waals surface area contributed by atoms with E-state index in [4.69, 9.17) is 9.47 Å². The smallest absolute Gasteiger partial charge is 0.266 e. The van der Waals surface area contributed by atoms with E-state index in [0.29, 0.717) is 13.2 Å². The molecule has 6 heteroatoms. The number of unbranched alkanes of at least 4 members (excludes halogenated alkanes) is 1. The maximum Gasteiger partial charge on any atom is 0.266 e. The Morgan fingerprint density at radius 3 is 2.00 bits per heavy atom. The lowest BCUT2D eigenvalue weighted by atomic mass is 9.85. The summed E-state index contributed by atoms with van der Waals surface area (Å²) in [7, 11) is -3.45. The number of ether oxygens (including phenoxy) is 2. The van der Waals surface area contributed by atoms with Crippen molar-refractivity contribution in [1.82, 2.24) is 0 Å². The van der Waals surface area contributed by atoms with Crippen molar-refractivity contribution >= 4 is 10.1 Å². The SMILES string of the molecule is CCC(C)(C)C(C)OCCCCOC(C)OS(C)(=O)=O. The van der Waals surface area contributed by atoms with E-state index >= 15 is 0 Å². The Morgan fingerprint density at radius 2 is 1.55 bits per heavy atom. The third-order valence-electron chi connectivity index (χ3n) is 3.58. The van der Waals surface area contributed by atoms with Gasteiger partial charge in [0.1, 0.15) is 0 Å². The van der Waals surface area contributed by atoms with Crippen LogP contribution in [0.1, 0.15) is 53.9 Å². The lowest BCUT2D eigenvalue weighted by molar-refractivity contribution is -0.0668. The minimum absolute atomic E-state index is 0.189. The first kappa shape index (κ1) is 19.8. The molecule has 0 rings (SSSR count). The van der Waals surface area contributed by atoms with Gasteiger partial charge in [0.15, 0.2) is 6.29 Å². The molecular formula is C14H30O5S. The lowest BCUT2D eigenvalue weighted by Gasteiger charge is -2.30. The van der Waals surface area contributed by atoms with Gasteiger partial charge in [-0.1, -0.05) is 20.8 Å². The van der Waals surface area contributed by atoms with Gasteiger partial charge in [0.05, 0.1) is 12.4 Å². The molecule has 0 spiro atoms. The first-order valence-electron chi connectivity index (χ1n) is 7.20. The Morgan fingerprint density at radius 1 is 1.05 bits per heavy atom. The summed E-state index contributed by atoms with van der Waals surface area (Å²) in [5, 5.41) is 0. The molecule has 122 valence electrons. The predicted molar refractivity (Wildman–Crippen MR) is 80.1 cm³/mol. The molecule has 0 amide bonds. The molecule has 0 N–H and O–H groups in total. The van der Waals surface area contributed by atoms with Crippen molar-refractivity contribution in [3.63, 3.8) is 0 Å². The van der Waals surface area contributed by atoms with Crippen LogP contribution >= 0.6 is 0 Å². The zero-order valence-corrected chi connectivity index (χ0v) is 14.5. The molecule has 0 saturated heterocycles. The molecule has 2 unspecified atom stereocenters. The lowest BCUT2D eigenvalue weighted by Crippen LogP contribution is -2.29. The molecule has 0 saturated carbocycles. The van der Waals surface area contributed by atoms with E-state index in [1.54, 1.807) is 6.92 Å². The van der Waals surface area contributed by atoms with Crippen molar-refractivity contribution in [3.05, 3.63) is 0 Å². The Labute approximate surface area is 124 Å². The average molecular weight is 310 g/mol. The second kappa shape index (κ2) is 8.97. The van der Waals surface area contributed by atoms with Gasteiger partial charge < -0.3 is 9.47 Å². The van der Waals surface area contributed by atoms with E-state index in [-0.39, 0.29) is 11.5 Å². The molecule has 0 aromatic heterocycles. The Kier molecular flexibility index (Phi) is 8.90. The summed E-state index contributed by atoms with van der Waals surface area (Å²) >= 11 is 0. The van der Waals surface area contributed by atoms with Crippen LogP contribution in [0.3, 0.4) is 0 Å². The zero-order valence-electron chi connectivity index (χ0n) is 13.6. The third kappa shape index (κ3) is 9.69. The molecule has 0 heterocycles. The highest BCUT2D eigenvalue weighted by atomic mass is 32.2. The van der Waals surface area contributed by atoms with E-state index in [9.17, 15) is 8.42 Å². The van der Waals surface area contributed by atoms with Gasteiger partial charge in [0.25, 0.3) is 10.1 Å². The van der Waals surface area contributed by atoms with Crippen LogP contribution < -0.4 is 0 Å². The molecule has 0 radical (unpaired) electrons. The molecule has 0 aromatic carbocycles. The van der Waals surface area contributed by atoms with Gasteiger partial charge in [-0.25, -0.2) is 4.18 Å². The van der Waals surface area contributed by atoms with Crippen molar-refractivity contribution in [1.29, 1.82) is 0 Å². The van der Waals surface area contributed by atoms with E-state index < -0.39 is 16.4 Å². The van der Waals surface area contributed by atoms with Crippen molar-refractivity contribution in [2.75, 3.05) is 19.5 Å². The first-order chi connectivity index (χ1) is 9.08. The van der Waals surface area contributed by atoms with Crippen LogP contribution in [-0.4, -0.2) is 40.3 Å². The van der Waals surface area contributed by atoms with E-state index in [1.807, 2.05) is 0 Å². The van der Waals surface area contributed by atoms with Gasteiger partial charge >= 0.3 is 0 Å². The standard InChI is InChI=1S/C14H30O5S/c1-7-14(4,5)12(2)17-10-8-9-11-18-13(3)19-20(6,15)16/h12-13H,7-11H2,1-6H3. The van der Waals surface area contributed by atoms with Gasteiger partial charge in [0.2, 0.25) is 0 Å². The minimum Gasteiger partial charge on any atom is -0.378 e. The molecular weight excluding hydrogens is 280 g/mol. The molecule has 2 atom stereocenters. The van der Waals surface area contributed by atoms with Gasteiger partial charge in [-0.2, -0.15) is 8.42 Å². The van der Waals surface area contributed by atoms with Crippen molar-refractivity contribution in [2.24, 2.45) is 5.41 Å². The fourth-order valence-electron chi connectivity index (χ4n) is 1.50. The van der Waals surface area contributed by atoms with E-state index in [1.165, 1.54) is 0 Å². The molecule has 0 aromatic rings. The molecule has 5 nitrogen and oxygen atoms in total. The third-order valence-corrected chi connectivity index (χ3v) is 4.20. The molecule has 0 aliphatic rings. The second-order valence-electron chi connectivity index (χ2n) is 5.80. The number of rotatable bonds is 11. The largest absolute Gasteiger partial charge is 0.378 e. The Bertz CT molecular complexity index is 351. The second-order valence-corrected chi connectivity index (χ2v) is 7.40. The molecule has 0 aliphatic heterocycles. The summed E-state index contributed by atoms with van der Waals surface area (Å²) in [5.74, 6) is 0. The van der Waals surface area contributed by atoms with Crippen molar-refractivity contribution in [3.8, 4) is 0 Å². The predicted octanol–water partition coefficient (Wildman–Crippen LogP) is 2.95. The highest BCUT2D eigenvalue weighted by molar-refractivity contribution is 7.86. The summed E-state index contributed by atoms with van der Waals surface area (Å²) in [6.45, 7) is 11.4. The van der Waals surface area contributed by atoms with Gasteiger partial charge in [-0.05, 0) is 38.5 Å². The monoisotopic (exact) mass is 310 g/mol. The fourth-order valence-corrected chi connectivity index (χ4v) is 2.05. The maximum atomic E-state index is 10.9. The number of hydrogen-bond donors (Lipinski definition) is 0. The maximum absolute atomic E-state index is 10.9. The zero-order chi connectivity index (χ0) is 15.8. The van der Waals surface area contributed by atoms with Crippen LogP contribution in [0.5, 0.6) is 0 Å². The molecule has 0 fully saturated rings. The van der Waals surface area contributed by atoms with Crippen molar-refractivity contribution < 1.29 is 22.1 Å². The van der Waals surface area contributed by atoms with E-state index in [0.717, 1.165) is 25.5 Å². The fraction of sp³-hybridized carbons (Fsp3) is 1.00. The van der Waals surface area contributed by atoms with Crippen LogP contribution in [0.4, 0.5) is 0 Å². The average Bonchev–Trinajstić information content (AvgIpc) is 2.30. The summed E-state index contributed by atoms with van der Waals surface area (Å²) in [6, 6.07) is 0. The normalized spacial score (nSPS) is 16.1. The Hall–Kier alpha value is -0.170. The highest BCUT2D eigenvalue weighted by Gasteiger charge is 2.23. The van der Waals surface area contributed by atoms with Crippen LogP contribution in [-0.2, 0) is 23.8 Å². The summed E-state index contributed by atoms with van der Waals surface area (Å²) < 4.78 is 37.4. The van der Waals surface area contributed by atoms with Gasteiger partial charge in [-0.15, -0.1) is 0 Å². The van der Waals surface area contributed by atoms with E-state index in [2.05, 4.69) is 31.9 Å². The molecule has 20 heavy (non-hydrogen) atoms. The summed E-state index contributed by atoms with van der Waals surface area (Å²) in [5.41, 5.74) is 0.189. The quantitative estimate of drug-likeness (QED) is 0.333. The van der Waals surface area contributed by atoms with Crippen LogP contribution in [0.2, 0.25) is 0 Å². The summed E-state index contributed by atoms with van der Waals surface area (Å²) in [6.07, 6.45) is 3.28. The Balaban J connectivity index is 3.64. The van der Waals surface area contributed by atoms with Crippen LogP contribution in [0.25, 0.3) is 0 Å². The summed E-state index contributed by atoms with van der Waals surface area (Å²) in [4.78, 5) is 0. The minimum atomic E-state index is -3.45. The van der Waals surface area contributed by atoms with Gasteiger partial charge in [0, 0.05) is 13.2 Å². The highest BCUT2D eigenvalue weighted by Crippen LogP contribution is 2.26. The first-order valence-corrected chi connectivity index (χ1v) is 9.01. The van der Waals surface area contributed by atoms with Crippen molar-refractivity contribution in [2.45, 2.75) is 66.3 Å². The molecule has 0 bridgehead atoms. The van der Waals surface area contributed by atoms with Crippen LogP contribution in [0, 0.1) is 5.41 Å². The van der Waals surface area contributed by atoms with Gasteiger partial charge in [-0.3, -0.25) is 0 Å². The molecule has 0 aliphatic carbocycles. The number of hydrogen-bond acceptors (Lipinski definition) is 5.